The van der Waals surface area contributed by atoms with Crippen molar-refractivity contribution in [1.82, 2.24) is 0 Å². The number of aromatic hydroxyl groups is 2. The quantitative estimate of drug-likeness (QED) is 0.900. The number of hydrogen-bond acceptors (Lipinski definition) is 4. The highest BCUT2D eigenvalue weighted by atomic mass is 16.5. The lowest BCUT2D eigenvalue weighted by atomic mass is 9.98. The molecule has 4 nitrogen and oxygen atoms in total. The van der Waals surface area contributed by atoms with Gasteiger partial charge in [0.25, 0.3) is 0 Å². The Labute approximate surface area is 118 Å². The summed E-state index contributed by atoms with van der Waals surface area (Å²) in [5, 5.41) is 20.0. The number of phenolic OH excluding ortho intramolecular Hbond substituents is 2. The number of aryl methyl sites for hydroxylation is 2. The highest BCUT2D eigenvalue weighted by Crippen LogP contribution is 2.45. The van der Waals surface area contributed by atoms with Gasteiger partial charge in [-0.3, -0.25) is 0 Å². The van der Waals surface area contributed by atoms with Crippen LogP contribution in [0.4, 0.5) is 0 Å². The average Bonchev–Trinajstić information content (AvgIpc) is 2.37. The van der Waals surface area contributed by atoms with E-state index in [1.54, 1.807) is 12.1 Å². The highest BCUT2D eigenvalue weighted by Gasteiger charge is 2.18. The van der Waals surface area contributed by atoms with E-state index in [0.29, 0.717) is 22.6 Å². The minimum Gasteiger partial charge on any atom is -0.504 e. The van der Waals surface area contributed by atoms with Gasteiger partial charge in [0.05, 0.1) is 14.2 Å². The van der Waals surface area contributed by atoms with Crippen LogP contribution in [0, 0.1) is 13.8 Å². The summed E-state index contributed by atoms with van der Waals surface area (Å²) in [4.78, 5) is 0. The molecule has 0 unspecified atom stereocenters. The zero-order valence-electron chi connectivity index (χ0n) is 12.0. The number of methoxy groups -OCH3 is 2. The summed E-state index contributed by atoms with van der Waals surface area (Å²) in [6, 6.07) is 7.03. The van der Waals surface area contributed by atoms with E-state index in [9.17, 15) is 10.2 Å². The summed E-state index contributed by atoms with van der Waals surface area (Å²) in [6.45, 7) is 3.76. The Bertz CT molecular complexity index is 590. The molecule has 0 saturated carbocycles. The average molecular weight is 274 g/mol. The monoisotopic (exact) mass is 274 g/mol. The lowest BCUT2D eigenvalue weighted by Gasteiger charge is -2.16. The molecular formula is C16H18O4. The van der Waals surface area contributed by atoms with E-state index in [1.165, 1.54) is 14.2 Å². The summed E-state index contributed by atoms with van der Waals surface area (Å²) in [6.07, 6.45) is 0. The third-order valence-corrected chi connectivity index (χ3v) is 3.13. The summed E-state index contributed by atoms with van der Waals surface area (Å²) in [5.74, 6) is 0.842. The summed E-state index contributed by atoms with van der Waals surface area (Å²) in [7, 11) is 2.99. The molecule has 0 aliphatic heterocycles. The molecule has 0 amide bonds. The maximum Gasteiger partial charge on any atom is 0.168 e. The molecule has 0 aliphatic carbocycles. The molecule has 0 saturated heterocycles. The fourth-order valence-corrected chi connectivity index (χ4v) is 2.34. The number of rotatable bonds is 3. The third kappa shape index (κ3) is 2.37. The van der Waals surface area contributed by atoms with Crippen molar-refractivity contribution in [1.29, 1.82) is 0 Å². The van der Waals surface area contributed by atoms with Crippen LogP contribution < -0.4 is 9.47 Å². The van der Waals surface area contributed by atoms with Crippen LogP contribution in [0.25, 0.3) is 11.1 Å². The Morgan fingerprint density at radius 1 is 0.700 bits per heavy atom. The van der Waals surface area contributed by atoms with Crippen LogP contribution in [0.3, 0.4) is 0 Å². The zero-order chi connectivity index (χ0) is 14.9. The van der Waals surface area contributed by atoms with Crippen LogP contribution in [0.15, 0.2) is 24.3 Å². The fraction of sp³-hybridized carbons (Fsp3) is 0.250. The molecule has 2 N–H and O–H groups in total. The van der Waals surface area contributed by atoms with Crippen molar-refractivity contribution in [3.8, 4) is 34.1 Å². The number of hydrogen-bond donors (Lipinski definition) is 2. The van der Waals surface area contributed by atoms with E-state index < -0.39 is 0 Å². The molecular weight excluding hydrogens is 256 g/mol. The van der Waals surface area contributed by atoms with E-state index >= 15 is 0 Å². The Kier molecular flexibility index (Phi) is 3.74. The van der Waals surface area contributed by atoms with Gasteiger partial charge in [0, 0.05) is 11.1 Å². The molecule has 2 aromatic rings. The van der Waals surface area contributed by atoms with Gasteiger partial charge in [0.1, 0.15) is 0 Å². The van der Waals surface area contributed by atoms with E-state index in [2.05, 4.69) is 0 Å². The Hall–Kier alpha value is -2.36. The van der Waals surface area contributed by atoms with Crippen LogP contribution in [-0.4, -0.2) is 24.4 Å². The molecule has 20 heavy (non-hydrogen) atoms. The van der Waals surface area contributed by atoms with E-state index in [0.717, 1.165) is 11.1 Å². The molecule has 0 atom stereocenters. The molecule has 0 aromatic heterocycles. The van der Waals surface area contributed by atoms with Gasteiger partial charge in [-0.1, -0.05) is 0 Å². The number of phenols is 2. The largest absolute Gasteiger partial charge is 0.504 e. The van der Waals surface area contributed by atoms with Crippen molar-refractivity contribution in [3.05, 3.63) is 35.4 Å². The van der Waals surface area contributed by atoms with Gasteiger partial charge in [0.15, 0.2) is 23.0 Å². The number of benzene rings is 2. The molecule has 0 bridgehead atoms. The minimum absolute atomic E-state index is 0.0607. The molecule has 2 rings (SSSR count). The second-order valence-corrected chi connectivity index (χ2v) is 4.73. The maximum absolute atomic E-state index is 10.0. The minimum atomic E-state index is 0.0607. The van der Waals surface area contributed by atoms with E-state index in [-0.39, 0.29) is 11.5 Å². The lowest BCUT2D eigenvalue weighted by molar-refractivity contribution is 0.369. The van der Waals surface area contributed by atoms with Crippen molar-refractivity contribution in [2.75, 3.05) is 14.2 Å². The summed E-state index contributed by atoms with van der Waals surface area (Å²) < 4.78 is 10.6. The van der Waals surface area contributed by atoms with Gasteiger partial charge >= 0.3 is 0 Å². The first-order valence-electron chi connectivity index (χ1n) is 6.23. The van der Waals surface area contributed by atoms with Gasteiger partial charge in [-0.2, -0.15) is 0 Å². The molecule has 0 radical (unpaired) electrons. The molecule has 0 spiro atoms. The maximum atomic E-state index is 10.0. The van der Waals surface area contributed by atoms with E-state index in [1.807, 2.05) is 26.0 Å². The Balaban J connectivity index is 2.80. The summed E-state index contributed by atoms with van der Waals surface area (Å²) >= 11 is 0. The van der Waals surface area contributed by atoms with Gasteiger partial charge in [-0.05, 0) is 49.2 Å². The molecule has 0 heterocycles. The Morgan fingerprint density at radius 2 is 1.05 bits per heavy atom. The van der Waals surface area contributed by atoms with Gasteiger partial charge in [0.2, 0.25) is 0 Å². The van der Waals surface area contributed by atoms with Crippen molar-refractivity contribution < 1.29 is 19.7 Å². The molecule has 4 heteroatoms. The topological polar surface area (TPSA) is 58.9 Å². The number of ether oxygens (including phenoxy) is 2. The Morgan fingerprint density at radius 3 is 1.35 bits per heavy atom. The van der Waals surface area contributed by atoms with Crippen LogP contribution in [-0.2, 0) is 0 Å². The fourth-order valence-electron chi connectivity index (χ4n) is 2.34. The van der Waals surface area contributed by atoms with Crippen LogP contribution in [0.1, 0.15) is 11.1 Å². The van der Waals surface area contributed by atoms with E-state index in [4.69, 9.17) is 9.47 Å². The third-order valence-electron chi connectivity index (χ3n) is 3.13. The second kappa shape index (κ2) is 5.33. The van der Waals surface area contributed by atoms with Gasteiger partial charge < -0.3 is 19.7 Å². The lowest BCUT2D eigenvalue weighted by Crippen LogP contribution is -1.94. The standard InChI is InChI=1S/C16H18O4/c1-9-5-11(15(19-3)13(17)7-9)12-6-10(2)8-14(18)16(12)20-4/h5-8,17-18H,1-4H3. The normalized spacial score (nSPS) is 10.4. The SMILES string of the molecule is COc1c(O)cc(C)cc1-c1cc(C)cc(O)c1OC. The molecule has 2 aromatic carbocycles. The predicted octanol–water partition coefficient (Wildman–Crippen LogP) is 3.40. The highest BCUT2D eigenvalue weighted by molar-refractivity contribution is 5.81. The molecule has 0 fully saturated rings. The van der Waals surface area contributed by atoms with Crippen LogP contribution >= 0.6 is 0 Å². The smallest absolute Gasteiger partial charge is 0.168 e. The summed E-state index contributed by atoms with van der Waals surface area (Å²) in [5.41, 5.74) is 3.14. The first kappa shape index (κ1) is 14.1. The van der Waals surface area contributed by atoms with Crippen LogP contribution in [0.2, 0.25) is 0 Å². The molecule has 0 aliphatic rings. The van der Waals surface area contributed by atoms with Crippen molar-refractivity contribution in [2.24, 2.45) is 0 Å². The second-order valence-electron chi connectivity index (χ2n) is 4.73. The first-order chi connectivity index (χ1) is 9.47. The van der Waals surface area contributed by atoms with Crippen molar-refractivity contribution in [2.45, 2.75) is 13.8 Å². The van der Waals surface area contributed by atoms with Crippen LogP contribution in [0.5, 0.6) is 23.0 Å². The van der Waals surface area contributed by atoms with Gasteiger partial charge in [-0.25, -0.2) is 0 Å². The zero-order valence-corrected chi connectivity index (χ0v) is 12.0. The first-order valence-corrected chi connectivity index (χ1v) is 6.23. The van der Waals surface area contributed by atoms with Crippen molar-refractivity contribution in [3.63, 3.8) is 0 Å². The van der Waals surface area contributed by atoms with Crippen molar-refractivity contribution >= 4 is 0 Å². The van der Waals surface area contributed by atoms with Gasteiger partial charge in [-0.15, -0.1) is 0 Å². The molecule has 106 valence electrons. The predicted molar refractivity (Wildman–Crippen MR) is 77.8 cm³/mol.